The Hall–Kier alpha value is -6.34. The first kappa shape index (κ1) is 30.0. The summed E-state index contributed by atoms with van der Waals surface area (Å²) in [4.78, 5) is 3.76. The lowest BCUT2D eigenvalue weighted by Gasteiger charge is -2.20. The molecule has 0 aliphatic rings. The zero-order valence-corrected chi connectivity index (χ0v) is 25.3. The van der Waals surface area contributed by atoms with Crippen molar-refractivity contribution in [2.45, 2.75) is 26.2 Å². The van der Waals surface area contributed by atoms with Gasteiger partial charge in [-0.3, -0.25) is 0 Å². The van der Waals surface area contributed by atoms with Crippen molar-refractivity contribution in [2.24, 2.45) is 0 Å². The highest BCUT2D eigenvalue weighted by molar-refractivity contribution is 6.15. The largest absolute Gasteiger partial charge is 0.416 e. The average molecular weight is 665 g/mol. The van der Waals surface area contributed by atoms with E-state index in [2.05, 4.69) is 21.2 Å². The molecule has 0 unspecified atom stereocenters. The molecule has 5 aromatic carbocycles. The summed E-state index contributed by atoms with van der Waals surface area (Å²) in [7, 11) is 0. The Morgan fingerprint density at radius 2 is 1.08 bits per heavy atom. The highest BCUT2D eigenvalue weighted by atomic mass is 19.4. The van der Waals surface area contributed by atoms with E-state index in [0.717, 1.165) is 35.4 Å². The Bertz CT molecular complexity index is 2620. The first-order chi connectivity index (χ1) is 23.3. The first-order valence-electron chi connectivity index (χ1n) is 14.7. The van der Waals surface area contributed by atoms with Gasteiger partial charge in [-0.05, 0) is 66.5 Å². The summed E-state index contributed by atoms with van der Waals surface area (Å²) in [5, 5.41) is 20.5. The van der Waals surface area contributed by atoms with E-state index in [0.29, 0.717) is 32.6 Å². The van der Waals surface area contributed by atoms with Crippen molar-refractivity contribution >= 4 is 60.3 Å². The molecule has 0 spiro atoms. The summed E-state index contributed by atoms with van der Waals surface area (Å²) in [6, 6.07) is 19.1. The standard InChI is InChI=1S/C36H18F6N6O/c1-17-4-8-21-23-10-6-19(35(37,38)39)14-28(23)47(26(21)12-17)33-25(16-43)30-31(46-49-45-30)32(44-3)34(33)48-27-13-18(2)5-9-22(27)24-11-7-20(15-29(24)48)36(40,41)42/h4-15H,1-2H3. The van der Waals surface area contributed by atoms with Gasteiger partial charge in [0.25, 0.3) is 0 Å². The fourth-order valence-corrected chi connectivity index (χ4v) is 6.70. The molecule has 0 saturated heterocycles. The quantitative estimate of drug-likeness (QED) is 0.136. The molecule has 0 aliphatic heterocycles. The first-order valence-corrected chi connectivity index (χ1v) is 14.7. The number of hydrogen-bond acceptors (Lipinski definition) is 4. The molecular weight excluding hydrogens is 646 g/mol. The molecule has 240 valence electrons. The highest BCUT2D eigenvalue weighted by Crippen LogP contribution is 2.47. The van der Waals surface area contributed by atoms with Gasteiger partial charge in [0, 0.05) is 21.5 Å². The third-order valence-corrected chi connectivity index (χ3v) is 8.81. The van der Waals surface area contributed by atoms with Gasteiger partial charge in [0.05, 0.1) is 51.1 Å². The van der Waals surface area contributed by atoms with Gasteiger partial charge in [-0.1, -0.05) is 41.6 Å². The van der Waals surface area contributed by atoms with Gasteiger partial charge in [-0.2, -0.15) is 31.6 Å². The van der Waals surface area contributed by atoms with Gasteiger partial charge in [0.2, 0.25) is 5.69 Å². The van der Waals surface area contributed by atoms with Crippen LogP contribution in [-0.4, -0.2) is 19.4 Å². The van der Waals surface area contributed by atoms with Crippen LogP contribution in [0.4, 0.5) is 32.0 Å². The van der Waals surface area contributed by atoms with Crippen molar-refractivity contribution in [3.63, 3.8) is 0 Å². The summed E-state index contributed by atoms with van der Waals surface area (Å²) >= 11 is 0. The predicted molar refractivity (Wildman–Crippen MR) is 171 cm³/mol. The second-order valence-corrected chi connectivity index (χ2v) is 11.8. The normalized spacial score (nSPS) is 12.4. The Kier molecular flexibility index (Phi) is 6.18. The molecule has 3 aromatic heterocycles. The number of rotatable bonds is 2. The topological polar surface area (TPSA) is 76.9 Å². The third-order valence-electron chi connectivity index (χ3n) is 8.81. The van der Waals surface area contributed by atoms with E-state index in [1.54, 1.807) is 50.2 Å². The minimum atomic E-state index is -4.73. The van der Waals surface area contributed by atoms with Crippen LogP contribution in [0.2, 0.25) is 0 Å². The van der Waals surface area contributed by atoms with Gasteiger partial charge in [-0.15, -0.1) is 0 Å². The summed E-state index contributed by atoms with van der Waals surface area (Å²) < 4.78 is 93.1. The smallest absolute Gasteiger partial charge is 0.317 e. The lowest BCUT2D eigenvalue weighted by Crippen LogP contribution is -2.09. The maximum Gasteiger partial charge on any atom is 0.416 e. The highest BCUT2D eigenvalue weighted by Gasteiger charge is 2.35. The molecule has 13 heteroatoms. The van der Waals surface area contributed by atoms with Gasteiger partial charge in [-0.25, -0.2) is 9.47 Å². The molecule has 0 bridgehead atoms. The number of fused-ring (bicyclic) bond motifs is 7. The Morgan fingerprint density at radius 1 is 0.653 bits per heavy atom. The van der Waals surface area contributed by atoms with Crippen LogP contribution in [0.5, 0.6) is 0 Å². The van der Waals surface area contributed by atoms with E-state index in [4.69, 9.17) is 11.2 Å². The average Bonchev–Trinajstić information content (AvgIpc) is 3.74. The van der Waals surface area contributed by atoms with Gasteiger partial charge in [0.15, 0.2) is 0 Å². The van der Waals surface area contributed by atoms with Crippen LogP contribution in [0, 0.1) is 31.8 Å². The van der Waals surface area contributed by atoms with Crippen LogP contribution in [0.3, 0.4) is 0 Å². The minimum absolute atomic E-state index is 0.0489. The molecule has 0 radical (unpaired) electrons. The van der Waals surface area contributed by atoms with Crippen LogP contribution in [-0.2, 0) is 12.4 Å². The molecule has 8 rings (SSSR count). The van der Waals surface area contributed by atoms with Crippen LogP contribution >= 0.6 is 0 Å². The van der Waals surface area contributed by atoms with Gasteiger partial charge < -0.3 is 9.13 Å². The zero-order chi connectivity index (χ0) is 34.6. The third kappa shape index (κ3) is 4.29. The number of benzene rings is 5. The number of halogens is 6. The second-order valence-electron chi connectivity index (χ2n) is 11.8. The molecule has 0 saturated carbocycles. The maximum absolute atomic E-state index is 14.2. The second kappa shape index (κ2) is 10.1. The van der Waals surface area contributed by atoms with Crippen molar-refractivity contribution in [3.8, 4) is 17.4 Å². The van der Waals surface area contributed by atoms with E-state index < -0.39 is 23.5 Å². The van der Waals surface area contributed by atoms with Crippen molar-refractivity contribution in [2.75, 3.05) is 0 Å². The number of hydrogen-bond donors (Lipinski definition) is 0. The van der Waals surface area contributed by atoms with Crippen LogP contribution < -0.4 is 0 Å². The molecular formula is C36H18F6N6O. The lowest BCUT2D eigenvalue weighted by molar-refractivity contribution is -0.138. The molecule has 0 amide bonds. The van der Waals surface area contributed by atoms with Crippen molar-refractivity contribution in [1.82, 2.24) is 19.4 Å². The fourth-order valence-electron chi connectivity index (χ4n) is 6.70. The fraction of sp³-hybridized carbons (Fsp3) is 0.111. The number of nitrogens with zero attached hydrogens (tertiary/aromatic N) is 6. The van der Waals surface area contributed by atoms with Gasteiger partial charge >= 0.3 is 12.4 Å². The summed E-state index contributed by atoms with van der Waals surface area (Å²) in [5.41, 5.74) is -0.378. The van der Waals surface area contributed by atoms with Crippen molar-refractivity contribution < 1.29 is 31.0 Å². The van der Waals surface area contributed by atoms with Crippen LogP contribution in [0.15, 0.2) is 77.4 Å². The lowest BCUT2D eigenvalue weighted by atomic mass is 10.1. The molecule has 0 N–H and O–H groups in total. The Labute approximate surface area is 271 Å². The Morgan fingerprint density at radius 3 is 1.53 bits per heavy atom. The van der Waals surface area contributed by atoms with Crippen LogP contribution in [0.1, 0.15) is 27.8 Å². The summed E-state index contributed by atoms with van der Waals surface area (Å²) in [6.07, 6.45) is -9.46. The number of aromatic nitrogens is 4. The van der Waals surface area contributed by atoms with E-state index in [9.17, 15) is 31.6 Å². The summed E-state index contributed by atoms with van der Waals surface area (Å²) in [5.74, 6) is 0. The number of alkyl halides is 6. The minimum Gasteiger partial charge on any atom is -0.317 e. The maximum atomic E-state index is 14.2. The summed E-state index contributed by atoms with van der Waals surface area (Å²) in [6.45, 7) is 11.9. The molecule has 3 heterocycles. The SMILES string of the molecule is [C-]#[N+]c1c(-n2c3cc(C)ccc3c3ccc(C(F)(F)F)cc32)c(-n2c3cc(C)ccc3c3ccc(C(F)(F)F)cc32)c(C#N)c2nonc12. The molecule has 7 nitrogen and oxygen atoms in total. The predicted octanol–water partition coefficient (Wildman–Crippen LogP) is 10.5. The monoisotopic (exact) mass is 664 g/mol. The van der Waals surface area contributed by atoms with Crippen molar-refractivity contribution in [3.05, 3.63) is 112 Å². The molecule has 0 atom stereocenters. The Balaban J connectivity index is 1.69. The molecule has 49 heavy (non-hydrogen) atoms. The molecule has 0 aliphatic carbocycles. The number of nitriles is 1. The van der Waals surface area contributed by atoms with Crippen LogP contribution in [0.25, 0.3) is 70.9 Å². The van der Waals surface area contributed by atoms with E-state index in [1.807, 2.05) is 0 Å². The van der Waals surface area contributed by atoms with E-state index >= 15 is 0 Å². The van der Waals surface area contributed by atoms with E-state index in [1.165, 1.54) is 21.3 Å². The number of aryl methyl sites for hydroxylation is 2. The molecule has 0 fully saturated rings. The van der Waals surface area contributed by atoms with Crippen molar-refractivity contribution in [1.29, 1.82) is 5.26 Å². The van der Waals surface area contributed by atoms with E-state index in [-0.39, 0.29) is 44.7 Å². The molecule has 8 aromatic rings. The zero-order valence-electron chi connectivity index (χ0n) is 25.3. The van der Waals surface area contributed by atoms with Gasteiger partial charge in [0.1, 0.15) is 22.7 Å².